The molecule has 0 spiro atoms. The molecule has 2 rings (SSSR count). The normalized spacial score (nSPS) is 18.5. The van der Waals surface area contributed by atoms with E-state index in [4.69, 9.17) is 17.3 Å². The van der Waals surface area contributed by atoms with Crippen molar-refractivity contribution in [3.8, 4) is 0 Å². The Kier molecular flexibility index (Phi) is 5.86. The summed E-state index contributed by atoms with van der Waals surface area (Å²) in [5.41, 5.74) is 6.56. The quantitative estimate of drug-likeness (QED) is 0.816. The van der Waals surface area contributed by atoms with Crippen LogP contribution in [0.25, 0.3) is 0 Å². The maximum absolute atomic E-state index is 12.4. The zero-order valence-electron chi connectivity index (χ0n) is 11.9. The Bertz CT molecular complexity index is 450. The van der Waals surface area contributed by atoms with Crippen LogP contribution >= 0.6 is 11.6 Å². The largest absolute Gasteiger partial charge is 0.336 e. The van der Waals surface area contributed by atoms with Crippen LogP contribution in [-0.4, -0.2) is 23.9 Å². The van der Waals surface area contributed by atoms with Crippen LogP contribution in [0.2, 0.25) is 5.02 Å². The fourth-order valence-corrected chi connectivity index (χ4v) is 3.14. The lowest BCUT2D eigenvalue weighted by atomic mass is 10.0. The number of carbonyl (C=O) groups is 1. The first-order chi connectivity index (χ1) is 9.74. The molecule has 1 saturated heterocycles. The van der Waals surface area contributed by atoms with Crippen LogP contribution in [-0.2, 0) is 4.79 Å². The van der Waals surface area contributed by atoms with Gasteiger partial charge in [-0.3, -0.25) is 4.79 Å². The van der Waals surface area contributed by atoms with Crippen molar-refractivity contribution in [3.63, 3.8) is 0 Å². The van der Waals surface area contributed by atoms with E-state index in [9.17, 15) is 4.79 Å². The molecule has 1 aliphatic heterocycles. The van der Waals surface area contributed by atoms with Gasteiger partial charge in [0.05, 0.1) is 6.04 Å². The monoisotopic (exact) mass is 294 g/mol. The van der Waals surface area contributed by atoms with Gasteiger partial charge >= 0.3 is 0 Å². The van der Waals surface area contributed by atoms with Crippen LogP contribution in [0.5, 0.6) is 0 Å². The Morgan fingerprint density at radius 1 is 1.30 bits per heavy atom. The predicted molar refractivity (Wildman–Crippen MR) is 82.7 cm³/mol. The van der Waals surface area contributed by atoms with Gasteiger partial charge in [0.15, 0.2) is 0 Å². The van der Waals surface area contributed by atoms with Crippen molar-refractivity contribution in [3.05, 3.63) is 34.9 Å². The molecule has 0 saturated carbocycles. The molecular weight excluding hydrogens is 272 g/mol. The highest BCUT2D eigenvalue weighted by Gasteiger charge is 2.30. The highest BCUT2D eigenvalue weighted by molar-refractivity contribution is 6.31. The maximum Gasteiger partial charge on any atom is 0.223 e. The number of hydrogen-bond donors (Lipinski definition) is 1. The molecule has 1 amide bonds. The van der Waals surface area contributed by atoms with Gasteiger partial charge in [0.2, 0.25) is 5.91 Å². The van der Waals surface area contributed by atoms with E-state index in [1.165, 1.54) is 0 Å². The summed E-state index contributed by atoms with van der Waals surface area (Å²) in [5, 5.41) is 0.764. The third-order valence-electron chi connectivity index (χ3n) is 3.93. The third kappa shape index (κ3) is 3.74. The number of amides is 1. The second kappa shape index (κ2) is 7.65. The fraction of sp³-hybridized carbons (Fsp3) is 0.562. The second-order valence-electron chi connectivity index (χ2n) is 5.37. The molecular formula is C16H23ClN2O. The van der Waals surface area contributed by atoms with Gasteiger partial charge in [-0.25, -0.2) is 0 Å². The third-order valence-corrected chi connectivity index (χ3v) is 4.28. The SMILES string of the molecule is NCCCCCC(=O)N1CCCC1c1ccccc1Cl. The van der Waals surface area contributed by atoms with E-state index in [1.807, 2.05) is 29.2 Å². The number of likely N-dealkylation sites (tertiary alicyclic amines) is 1. The molecule has 110 valence electrons. The minimum absolute atomic E-state index is 0.158. The highest BCUT2D eigenvalue weighted by atomic mass is 35.5. The minimum Gasteiger partial charge on any atom is -0.336 e. The molecule has 1 aromatic rings. The lowest BCUT2D eigenvalue weighted by Crippen LogP contribution is -2.30. The van der Waals surface area contributed by atoms with Crippen molar-refractivity contribution >= 4 is 17.5 Å². The Labute approximate surface area is 126 Å². The van der Waals surface area contributed by atoms with Gasteiger partial charge in [0.25, 0.3) is 0 Å². The van der Waals surface area contributed by atoms with Gasteiger partial charge in [-0.05, 0) is 43.9 Å². The molecule has 3 nitrogen and oxygen atoms in total. The molecule has 20 heavy (non-hydrogen) atoms. The Morgan fingerprint density at radius 3 is 2.85 bits per heavy atom. The zero-order chi connectivity index (χ0) is 14.4. The molecule has 0 aromatic heterocycles. The Hall–Kier alpha value is -1.06. The van der Waals surface area contributed by atoms with Crippen molar-refractivity contribution in [2.75, 3.05) is 13.1 Å². The highest BCUT2D eigenvalue weighted by Crippen LogP contribution is 2.36. The summed E-state index contributed by atoms with van der Waals surface area (Å²) in [6, 6.07) is 8.01. The maximum atomic E-state index is 12.4. The molecule has 2 N–H and O–H groups in total. The van der Waals surface area contributed by atoms with Crippen LogP contribution in [0.4, 0.5) is 0 Å². The van der Waals surface area contributed by atoms with Gasteiger partial charge < -0.3 is 10.6 Å². The second-order valence-corrected chi connectivity index (χ2v) is 5.77. The van der Waals surface area contributed by atoms with Crippen LogP contribution in [0.3, 0.4) is 0 Å². The van der Waals surface area contributed by atoms with Crippen LogP contribution < -0.4 is 5.73 Å². The zero-order valence-corrected chi connectivity index (χ0v) is 12.6. The summed E-state index contributed by atoms with van der Waals surface area (Å²) < 4.78 is 0. The minimum atomic E-state index is 0.158. The molecule has 1 aliphatic rings. The predicted octanol–water partition coefficient (Wildman–Crippen LogP) is 3.52. The van der Waals surface area contributed by atoms with Gasteiger partial charge in [-0.2, -0.15) is 0 Å². The van der Waals surface area contributed by atoms with Crippen LogP contribution in [0.1, 0.15) is 50.1 Å². The standard InChI is InChI=1S/C16H23ClN2O/c17-14-8-4-3-7-13(14)15-9-6-12-19(15)16(20)10-2-1-5-11-18/h3-4,7-8,15H,1-2,5-6,9-12,18H2. The van der Waals surface area contributed by atoms with E-state index in [0.717, 1.165) is 49.2 Å². The first-order valence-electron chi connectivity index (χ1n) is 7.48. The summed E-state index contributed by atoms with van der Waals surface area (Å²) in [6.45, 7) is 1.56. The van der Waals surface area contributed by atoms with Crippen LogP contribution in [0, 0.1) is 0 Å². The summed E-state index contributed by atoms with van der Waals surface area (Å²) in [4.78, 5) is 14.4. The average molecular weight is 295 g/mol. The van der Waals surface area contributed by atoms with Gasteiger partial charge in [-0.1, -0.05) is 36.2 Å². The lowest BCUT2D eigenvalue weighted by molar-refractivity contribution is -0.132. The molecule has 0 radical (unpaired) electrons. The Balaban J connectivity index is 1.97. The van der Waals surface area contributed by atoms with Gasteiger partial charge in [0, 0.05) is 18.0 Å². The van der Waals surface area contributed by atoms with E-state index in [2.05, 4.69) is 0 Å². The fourth-order valence-electron chi connectivity index (χ4n) is 2.87. The lowest BCUT2D eigenvalue weighted by Gasteiger charge is -2.26. The van der Waals surface area contributed by atoms with Crippen LogP contribution in [0.15, 0.2) is 24.3 Å². The summed E-state index contributed by atoms with van der Waals surface area (Å²) in [7, 11) is 0. The first-order valence-corrected chi connectivity index (χ1v) is 7.86. The number of unbranched alkanes of at least 4 members (excludes halogenated alkanes) is 2. The summed E-state index contributed by atoms with van der Waals surface area (Å²) in [6.07, 6.45) is 5.67. The molecule has 1 unspecified atom stereocenters. The molecule has 1 aromatic carbocycles. The summed E-state index contributed by atoms with van der Waals surface area (Å²) >= 11 is 6.27. The van der Waals surface area contributed by atoms with E-state index >= 15 is 0 Å². The average Bonchev–Trinajstić information content (AvgIpc) is 2.93. The number of benzene rings is 1. The van der Waals surface area contributed by atoms with Gasteiger partial charge in [0.1, 0.15) is 0 Å². The number of hydrogen-bond acceptors (Lipinski definition) is 2. The topological polar surface area (TPSA) is 46.3 Å². The molecule has 1 fully saturated rings. The molecule has 1 atom stereocenters. The smallest absolute Gasteiger partial charge is 0.223 e. The van der Waals surface area contributed by atoms with Crippen molar-refractivity contribution in [2.24, 2.45) is 5.73 Å². The summed E-state index contributed by atoms with van der Waals surface area (Å²) in [5.74, 6) is 0.254. The molecule has 1 heterocycles. The molecule has 0 aliphatic carbocycles. The van der Waals surface area contributed by atoms with E-state index < -0.39 is 0 Å². The van der Waals surface area contributed by atoms with Crippen molar-refractivity contribution < 1.29 is 4.79 Å². The first kappa shape index (κ1) is 15.3. The van der Waals surface area contributed by atoms with E-state index in [0.29, 0.717) is 13.0 Å². The number of rotatable bonds is 6. The van der Waals surface area contributed by atoms with Crippen molar-refractivity contribution in [1.29, 1.82) is 0 Å². The molecule has 4 heteroatoms. The number of halogens is 1. The number of nitrogens with two attached hydrogens (primary N) is 1. The van der Waals surface area contributed by atoms with E-state index in [1.54, 1.807) is 0 Å². The van der Waals surface area contributed by atoms with E-state index in [-0.39, 0.29) is 11.9 Å². The van der Waals surface area contributed by atoms with Crippen molar-refractivity contribution in [2.45, 2.75) is 44.6 Å². The van der Waals surface area contributed by atoms with Gasteiger partial charge in [-0.15, -0.1) is 0 Å². The molecule has 0 bridgehead atoms. The number of carbonyl (C=O) groups excluding carboxylic acids is 1. The number of nitrogens with zero attached hydrogens (tertiary/aromatic N) is 1. The van der Waals surface area contributed by atoms with Crippen molar-refractivity contribution in [1.82, 2.24) is 4.90 Å². The Morgan fingerprint density at radius 2 is 2.10 bits per heavy atom.